The molecule has 116 valence electrons. The average molecular weight is 304 g/mol. The van der Waals surface area contributed by atoms with E-state index in [1.54, 1.807) is 6.92 Å². The van der Waals surface area contributed by atoms with Gasteiger partial charge < -0.3 is 15.7 Å². The minimum Gasteiger partial charge on any atom is -0.481 e. The first-order valence-corrected chi connectivity index (χ1v) is 6.12. The Morgan fingerprint density at radius 1 is 1.24 bits per heavy atom. The highest BCUT2D eigenvalue weighted by atomic mass is 19.1. The fourth-order valence-electron chi connectivity index (χ4n) is 1.45. The number of benzene rings is 1. The van der Waals surface area contributed by atoms with Gasteiger partial charge in [-0.1, -0.05) is 6.92 Å². The molecule has 0 heterocycles. The van der Waals surface area contributed by atoms with Crippen LogP contribution < -0.4 is 10.6 Å². The first kappa shape index (κ1) is 16.8. The zero-order valence-electron chi connectivity index (χ0n) is 11.5. The van der Waals surface area contributed by atoms with Crippen molar-refractivity contribution in [1.82, 2.24) is 5.32 Å². The fourth-order valence-corrected chi connectivity index (χ4v) is 1.45. The summed E-state index contributed by atoms with van der Waals surface area (Å²) in [5.41, 5.74) is -2.00. The Labute approximate surface area is 119 Å². The Bertz CT molecular complexity index is 543. The normalized spacial score (nSPS) is 13.4. The van der Waals surface area contributed by atoms with E-state index in [2.05, 4.69) is 5.32 Å². The predicted molar refractivity (Wildman–Crippen MR) is 69.4 cm³/mol. The number of rotatable bonds is 5. The van der Waals surface area contributed by atoms with E-state index in [1.165, 1.54) is 6.92 Å². The molecular weight excluding hydrogens is 289 g/mol. The van der Waals surface area contributed by atoms with Crippen molar-refractivity contribution in [3.8, 4) is 0 Å². The van der Waals surface area contributed by atoms with E-state index < -0.39 is 40.6 Å². The Balaban J connectivity index is 2.73. The number of hydrogen-bond acceptors (Lipinski definition) is 2. The predicted octanol–water partition coefficient (Wildman–Crippen LogP) is 2.73. The van der Waals surface area contributed by atoms with Crippen molar-refractivity contribution in [3.05, 3.63) is 29.6 Å². The molecule has 8 heteroatoms. The number of hydrogen-bond donors (Lipinski definition) is 3. The van der Waals surface area contributed by atoms with Gasteiger partial charge in [-0.15, -0.1) is 0 Å². The number of nitrogens with one attached hydrogen (secondary N) is 2. The second-order valence-electron chi connectivity index (χ2n) is 4.77. The summed E-state index contributed by atoms with van der Waals surface area (Å²) in [5, 5.41) is 13.1. The third-order valence-electron chi connectivity index (χ3n) is 3.18. The number of carboxylic acids is 1. The lowest BCUT2D eigenvalue weighted by atomic mass is 9.88. The molecule has 5 nitrogen and oxygen atoms in total. The molecule has 0 aliphatic rings. The van der Waals surface area contributed by atoms with Crippen LogP contribution in [0.2, 0.25) is 0 Å². The molecule has 0 bridgehead atoms. The summed E-state index contributed by atoms with van der Waals surface area (Å²) < 4.78 is 39.4. The Morgan fingerprint density at radius 2 is 1.76 bits per heavy atom. The average Bonchev–Trinajstić information content (AvgIpc) is 2.39. The molecular formula is C13H15F3N2O3. The first-order chi connectivity index (χ1) is 9.69. The van der Waals surface area contributed by atoms with Crippen LogP contribution in [0.15, 0.2) is 12.1 Å². The van der Waals surface area contributed by atoms with Gasteiger partial charge in [0, 0.05) is 18.7 Å². The first-order valence-electron chi connectivity index (χ1n) is 6.12. The third kappa shape index (κ3) is 4.11. The molecule has 0 aliphatic heterocycles. The van der Waals surface area contributed by atoms with Gasteiger partial charge in [0.25, 0.3) is 0 Å². The van der Waals surface area contributed by atoms with Gasteiger partial charge in [-0.25, -0.2) is 18.0 Å². The number of halogens is 3. The maximum atomic E-state index is 13.3. The summed E-state index contributed by atoms with van der Waals surface area (Å²) >= 11 is 0. The minimum atomic E-state index is -1.26. The Kier molecular flexibility index (Phi) is 5.17. The smallest absolute Gasteiger partial charge is 0.319 e. The van der Waals surface area contributed by atoms with Gasteiger partial charge >= 0.3 is 12.0 Å². The highest BCUT2D eigenvalue weighted by Crippen LogP contribution is 2.21. The molecule has 0 spiro atoms. The molecule has 0 aliphatic carbocycles. The van der Waals surface area contributed by atoms with Crippen LogP contribution in [0.4, 0.5) is 23.7 Å². The van der Waals surface area contributed by atoms with E-state index >= 15 is 0 Å². The number of carbonyl (C=O) groups excluding carboxylic acids is 1. The third-order valence-corrected chi connectivity index (χ3v) is 3.18. The van der Waals surface area contributed by atoms with Gasteiger partial charge in [-0.3, -0.25) is 4.79 Å². The standard InChI is InChI=1S/C13H15F3N2O3/c1-3-13(2,11(19)20)6-17-12(21)18-10-8(15)4-7(14)5-9(10)16/h4-5H,3,6H2,1-2H3,(H,19,20)(H2,17,18,21). The van der Waals surface area contributed by atoms with Crippen LogP contribution in [0.5, 0.6) is 0 Å². The van der Waals surface area contributed by atoms with Crippen molar-refractivity contribution in [2.45, 2.75) is 20.3 Å². The van der Waals surface area contributed by atoms with Gasteiger partial charge in [0.1, 0.15) is 11.5 Å². The van der Waals surface area contributed by atoms with Crippen molar-refractivity contribution >= 4 is 17.7 Å². The van der Waals surface area contributed by atoms with Gasteiger partial charge in [0.15, 0.2) is 11.6 Å². The van der Waals surface area contributed by atoms with Crippen LogP contribution in [0.25, 0.3) is 0 Å². The number of anilines is 1. The number of amides is 2. The lowest BCUT2D eigenvalue weighted by Crippen LogP contribution is -2.42. The second-order valence-corrected chi connectivity index (χ2v) is 4.77. The molecule has 2 amide bonds. The van der Waals surface area contributed by atoms with E-state index in [9.17, 15) is 22.8 Å². The highest BCUT2D eigenvalue weighted by molar-refractivity contribution is 5.90. The molecule has 0 fully saturated rings. The van der Waals surface area contributed by atoms with Crippen molar-refractivity contribution < 1.29 is 27.9 Å². The van der Waals surface area contributed by atoms with Gasteiger partial charge in [0.2, 0.25) is 0 Å². The van der Waals surface area contributed by atoms with Crippen LogP contribution in [0.3, 0.4) is 0 Å². The summed E-state index contributed by atoms with van der Waals surface area (Å²) in [7, 11) is 0. The number of carbonyl (C=O) groups is 2. The molecule has 0 aromatic heterocycles. The summed E-state index contributed by atoms with van der Waals surface area (Å²) in [5.74, 6) is -4.75. The minimum absolute atomic E-state index is 0.227. The van der Waals surface area contributed by atoms with Crippen LogP contribution in [-0.2, 0) is 4.79 Å². The maximum Gasteiger partial charge on any atom is 0.319 e. The van der Waals surface area contributed by atoms with E-state index in [0.29, 0.717) is 12.1 Å². The van der Waals surface area contributed by atoms with Crippen molar-refractivity contribution in [1.29, 1.82) is 0 Å². The number of urea groups is 1. The quantitative estimate of drug-likeness (QED) is 0.782. The van der Waals surface area contributed by atoms with Crippen molar-refractivity contribution in [2.75, 3.05) is 11.9 Å². The van der Waals surface area contributed by atoms with E-state index in [0.717, 1.165) is 0 Å². The molecule has 21 heavy (non-hydrogen) atoms. The molecule has 1 rings (SSSR count). The Morgan fingerprint density at radius 3 is 2.19 bits per heavy atom. The summed E-state index contributed by atoms with van der Waals surface area (Å²) in [4.78, 5) is 22.6. The molecule has 0 saturated carbocycles. The topological polar surface area (TPSA) is 78.4 Å². The Hall–Kier alpha value is -2.25. The molecule has 0 radical (unpaired) electrons. The van der Waals surface area contributed by atoms with Crippen LogP contribution in [0.1, 0.15) is 20.3 Å². The molecule has 1 aromatic carbocycles. The van der Waals surface area contributed by atoms with Crippen LogP contribution in [0, 0.1) is 22.9 Å². The molecule has 3 N–H and O–H groups in total. The summed E-state index contributed by atoms with van der Waals surface area (Å²) in [6.07, 6.45) is 0.252. The zero-order chi connectivity index (χ0) is 16.2. The molecule has 0 saturated heterocycles. The van der Waals surface area contributed by atoms with Crippen molar-refractivity contribution in [2.24, 2.45) is 5.41 Å². The SMILES string of the molecule is CCC(C)(CNC(=O)Nc1c(F)cc(F)cc1F)C(=O)O. The molecule has 1 unspecified atom stereocenters. The largest absolute Gasteiger partial charge is 0.481 e. The van der Waals surface area contributed by atoms with Crippen molar-refractivity contribution in [3.63, 3.8) is 0 Å². The summed E-state index contributed by atoms with van der Waals surface area (Å²) in [6.45, 7) is 2.83. The van der Waals surface area contributed by atoms with Crippen LogP contribution in [-0.4, -0.2) is 23.7 Å². The van der Waals surface area contributed by atoms with Crippen LogP contribution >= 0.6 is 0 Å². The maximum absolute atomic E-state index is 13.3. The van der Waals surface area contributed by atoms with E-state index in [-0.39, 0.29) is 13.0 Å². The second kappa shape index (κ2) is 6.47. The molecule has 1 atom stereocenters. The number of aliphatic carboxylic acids is 1. The molecule has 1 aromatic rings. The summed E-state index contributed by atoms with van der Waals surface area (Å²) in [6, 6.07) is -0.140. The zero-order valence-corrected chi connectivity index (χ0v) is 11.5. The fraction of sp³-hybridized carbons (Fsp3) is 0.385. The number of carboxylic acid groups (broad SMARTS) is 1. The van der Waals surface area contributed by atoms with Gasteiger partial charge in [0.05, 0.1) is 5.41 Å². The van der Waals surface area contributed by atoms with Gasteiger partial charge in [-0.2, -0.15) is 0 Å². The monoisotopic (exact) mass is 304 g/mol. The van der Waals surface area contributed by atoms with Gasteiger partial charge in [-0.05, 0) is 13.3 Å². The van der Waals surface area contributed by atoms with E-state index in [4.69, 9.17) is 5.11 Å². The lowest BCUT2D eigenvalue weighted by Gasteiger charge is -2.23. The lowest BCUT2D eigenvalue weighted by molar-refractivity contribution is -0.147. The van der Waals surface area contributed by atoms with E-state index in [1.807, 2.05) is 5.32 Å². The highest BCUT2D eigenvalue weighted by Gasteiger charge is 2.31.